The van der Waals surface area contributed by atoms with Crippen LogP contribution in [0.5, 0.6) is 17.2 Å². The summed E-state index contributed by atoms with van der Waals surface area (Å²) in [6.07, 6.45) is -0.949. The Balaban J connectivity index is 1.52. The highest BCUT2D eigenvalue weighted by Crippen LogP contribution is 2.32. The molecule has 130 valence electrons. The predicted molar refractivity (Wildman–Crippen MR) is 87.4 cm³/mol. The van der Waals surface area contributed by atoms with Gasteiger partial charge < -0.3 is 24.6 Å². The van der Waals surface area contributed by atoms with Crippen LogP contribution < -0.4 is 14.8 Å². The molecule has 0 aliphatic carbocycles. The van der Waals surface area contributed by atoms with Crippen molar-refractivity contribution in [1.29, 1.82) is 0 Å². The Morgan fingerprint density at radius 2 is 1.88 bits per heavy atom. The van der Waals surface area contributed by atoms with E-state index in [4.69, 9.17) is 14.2 Å². The molecule has 0 unspecified atom stereocenters. The summed E-state index contributed by atoms with van der Waals surface area (Å²) in [5.74, 6) is 0.312. The number of aromatic hydroxyl groups is 1. The number of hydrogen-bond donors (Lipinski definition) is 2. The van der Waals surface area contributed by atoms with E-state index in [1.165, 1.54) is 31.2 Å². The average molecular weight is 343 g/mol. The fourth-order valence-electron chi connectivity index (χ4n) is 2.26. The zero-order chi connectivity index (χ0) is 17.8. The molecule has 1 heterocycles. The van der Waals surface area contributed by atoms with E-state index in [1.54, 1.807) is 12.1 Å². The van der Waals surface area contributed by atoms with Gasteiger partial charge in [0, 0.05) is 6.54 Å². The van der Waals surface area contributed by atoms with Crippen LogP contribution in [-0.4, -0.2) is 29.9 Å². The zero-order valence-corrected chi connectivity index (χ0v) is 13.5. The first-order chi connectivity index (χ1) is 12.0. The first kappa shape index (κ1) is 16.6. The largest absolute Gasteiger partial charge is 0.508 e. The number of nitrogens with one attached hydrogen (secondary N) is 1. The summed E-state index contributed by atoms with van der Waals surface area (Å²) in [5, 5.41) is 11.9. The molecule has 25 heavy (non-hydrogen) atoms. The number of fused-ring (bicyclic) bond motifs is 1. The van der Waals surface area contributed by atoms with Gasteiger partial charge in [0.05, 0.1) is 5.56 Å². The van der Waals surface area contributed by atoms with Crippen molar-refractivity contribution in [3.05, 3.63) is 53.6 Å². The number of hydrogen-bond acceptors (Lipinski definition) is 6. The monoisotopic (exact) mass is 343 g/mol. The molecule has 3 rings (SSSR count). The van der Waals surface area contributed by atoms with E-state index in [9.17, 15) is 14.7 Å². The van der Waals surface area contributed by atoms with E-state index in [-0.39, 0.29) is 24.7 Å². The minimum atomic E-state index is -0.949. The molecule has 1 atom stereocenters. The van der Waals surface area contributed by atoms with Gasteiger partial charge in [-0.3, -0.25) is 4.79 Å². The highest BCUT2D eigenvalue weighted by molar-refractivity contribution is 5.92. The van der Waals surface area contributed by atoms with Crippen molar-refractivity contribution in [3.63, 3.8) is 0 Å². The molecule has 2 aromatic carbocycles. The summed E-state index contributed by atoms with van der Waals surface area (Å²) in [6.45, 7) is 1.96. The molecule has 0 aromatic heterocycles. The van der Waals surface area contributed by atoms with Gasteiger partial charge in [0.15, 0.2) is 17.6 Å². The standard InChI is InChI=1S/C18H17NO6/c1-11(25-18(22)13-3-5-14(20)6-4-13)17(21)19-9-12-2-7-15-16(8-12)24-10-23-15/h2-8,11,20H,9-10H2,1H3,(H,19,21)/t11-/m0/s1. The van der Waals surface area contributed by atoms with Gasteiger partial charge in [0.25, 0.3) is 5.91 Å². The number of carbonyl (C=O) groups is 2. The first-order valence-electron chi connectivity index (χ1n) is 7.69. The van der Waals surface area contributed by atoms with Crippen LogP contribution in [0.3, 0.4) is 0 Å². The lowest BCUT2D eigenvalue weighted by Gasteiger charge is -2.13. The van der Waals surface area contributed by atoms with Gasteiger partial charge in [0.1, 0.15) is 5.75 Å². The SMILES string of the molecule is C[C@H](OC(=O)c1ccc(O)cc1)C(=O)NCc1ccc2c(c1)OCO2. The maximum atomic E-state index is 12.1. The fraction of sp³-hybridized carbons (Fsp3) is 0.222. The maximum absolute atomic E-state index is 12.1. The second-order valence-electron chi connectivity index (χ2n) is 5.50. The molecule has 2 N–H and O–H groups in total. The van der Waals surface area contributed by atoms with Gasteiger partial charge in [0.2, 0.25) is 6.79 Å². The van der Waals surface area contributed by atoms with Crippen LogP contribution in [0.2, 0.25) is 0 Å². The molecule has 7 heteroatoms. The molecule has 1 amide bonds. The Labute approximate surface area is 144 Å². The van der Waals surface area contributed by atoms with Crippen LogP contribution in [0, 0.1) is 0 Å². The molecular weight excluding hydrogens is 326 g/mol. The van der Waals surface area contributed by atoms with Crippen LogP contribution in [0.15, 0.2) is 42.5 Å². The molecule has 7 nitrogen and oxygen atoms in total. The van der Waals surface area contributed by atoms with Crippen LogP contribution >= 0.6 is 0 Å². The van der Waals surface area contributed by atoms with Gasteiger partial charge in [-0.05, 0) is 48.9 Å². The Bertz CT molecular complexity index is 787. The third kappa shape index (κ3) is 4.00. The molecule has 1 aliphatic heterocycles. The quantitative estimate of drug-likeness (QED) is 0.806. The Morgan fingerprint density at radius 3 is 2.64 bits per heavy atom. The number of rotatable bonds is 5. The molecule has 1 aliphatic rings. The van der Waals surface area contributed by atoms with Gasteiger partial charge in [-0.15, -0.1) is 0 Å². The molecule has 0 fully saturated rings. The van der Waals surface area contributed by atoms with Crippen LogP contribution in [-0.2, 0) is 16.1 Å². The summed E-state index contributed by atoms with van der Waals surface area (Å²) in [5.41, 5.74) is 1.10. The average Bonchev–Trinajstić information content (AvgIpc) is 3.07. The van der Waals surface area contributed by atoms with Gasteiger partial charge in [-0.1, -0.05) is 6.07 Å². The van der Waals surface area contributed by atoms with Crippen molar-refractivity contribution in [2.24, 2.45) is 0 Å². The third-order valence-electron chi connectivity index (χ3n) is 3.66. The second-order valence-corrected chi connectivity index (χ2v) is 5.50. The zero-order valence-electron chi connectivity index (χ0n) is 13.5. The van der Waals surface area contributed by atoms with Crippen LogP contribution in [0.4, 0.5) is 0 Å². The highest BCUT2D eigenvalue weighted by atomic mass is 16.7. The number of carbonyl (C=O) groups excluding carboxylic acids is 2. The van der Waals surface area contributed by atoms with Crippen LogP contribution in [0.1, 0.15) is 22.8 Å². The van der Waals surface area contributed by atoms with Gasteiger partial charge in [-0.25, -0.2) is 4.79 Å². The van der Waals surface area contributed by atoms with Crippen molar-refractivity contribution in [2.75, 3.05) is 6.79 Å². The van der Waals surface area contributed by atoms with Crippen molar-refractivity contribution >= 4 is 11.9 Å². The first-order valence-corrected chi connectivity index (χ1v) is 7.69. The topological polar surface area (TPSA) is 94.1 Å². The third-order valence-corrected chi connectivity index (χ3v) is 3.66. The van der Waals surface area contributed by atoms with Crippen molar-refractivity contribution in [3.8, 4) is 17.2 Å². The number of phenols is 1. The van der Waals surface area contributed by atoms with Crippen molar-refractivity contribution in [2.45, 2.75) is 19.6 Å². The number of phenolic OH excluding ortho intramolecular Hbond substituents is 1. The molecule has 0 radical (unpaired) electrons. The fourth-order valence-corrected chi connectivity index (χ4v) is 2.26. The molecule has 0 spiro atoms. The number of esters is 1. The number of ether oxygens (including phenoxy) is 3. The van der Waals surface area contributed by atoms with E-state index in [2.05, 4.69) is 5.32 Å². The van der Waals surface area contributed by atoms with Gasteiger partial charge >= 0.3 is 5.97 Å². The second kappa shape index (κ2) is 7.12. The Morgan fingerprint density at radius 1 is 1.16 bits per heavy atom. The maximum Gasteiger partial charge on any atom is 0.338 e. The summed E-state index contributed by atoms with van der Waals surface area (Å²) >= 11 is 0. The van der Waals surface area contributed by atoms with E-state index in [0.29, 0.717) is 11.5 Å². The molecule has 2 aromatic rings. The predicted octanol–water partition coefficient (Wildman–Crippen LogP) is 1.98. The summed E-state index contributed by atoms with van der Waals surface area (Å²) in [7, 11) is 0. The summed E-state index contributed by atoms with van der Waals surface area (Å²) < 4.78 is 15.6. The summed E-state index contributed by atoms with van der Waals surface area (Å²) in [4.78, 5) is 24.0. The van der Waals surface area contributed by atoms with Crippen LogP contribution in [0.25, 0.3) is 0 Å². The molecule has 0 bridgehead atoms. The number of benzene rings is 2. The molecule has 0 saturated carbocycles. The molecular formula is C18H17NO6. The number of amides is 1. The lowest BCUT2D eigenvalue weighted by molar-refractivity contribution is -0.129. The lowest BCUT2D eigenvalue weighted by Crippen LogP contribution is -2.35. The van der Waals surface area contributed by atoms with E-state index in [0.717, 1.165) is 5.56 Å². The van der Waals surface area contributed by atoms with E-state index >= 15 is 0 Å². The van der Waals surface area contributed by atoms with E-state index < -0.39 is 18.0 Å². The molecule has 0 saturated heterocycles. The highest BCUT2D eigenvalue weighted by Gasteiger charge is 2.19. The lowest BCUT2D eigenvalue weighted by atomic mass is 10.2. The minimum Gasteiger partial charge on any atom is -0.508 e. The normalized spacial score (nSPS) is 13.2. The minimum absolute atomic E-state index is 0.0473. The Kier molecular flexibility index (Phi) is 4.74. The van der Waals surface area contributed by atoms with Crippen molar-refractivity contribution in [1.82, 2.24) is 5.32 Å². The Hall–Kier alpha value is -3.22. The smallest absolute Gasteiger partial charge is 0.338 e. The summed E-state index contributed by atoms with van der Waals surface area (Å²) in [6, 6.07) is 11.0. The van der Waals surface area contributed by atoms with Gasteiger partial charge in [-0.2, -0.15) is 0 Å². The van der Waals surface area contributed by atoms with Crippen molar-refractivity contribution < 1.29 is 28.9 Å². The van der Waals surface area contributed by atoms with E-state index in [1.807, 2.05) is 6.07 Å².